The largest absolute Gasteiger partial charge is 0.489 e. The topological polar surface area (TPSA) is 9.23 Å². The molecule has 0 spiro atoms. The summed E-state index contributed by atoms with van der Waals surface area (Å²) in [6, 6.07) is 0. The first-order valence-electron chi connectivity index (χ1n) is 3.16. The van der Waals surface area contributed by atoms with E-state index in [1.54, 1.807) is 13.8 Å². The highest BCUT2D eigenvalue weighted by molar-refractivity contribution is 4.98. The highest BCUT2D eigenvalue weighted by atomic mass is 19.4. The van der Waals surface area contributed by atoms with E-state index in [9.17, 15) is 13.2 Å². The van der Waals surface area contributed by atoms with E-state index in [0.717, 1.165) is 5.57 Å². The van der Waals surface area contributed by atoms with Gasteiger partial charge >= 0.3 is 6.18 Å². The molecule has 0 aliphatic rings. The zero-order chi connectivity index (χ0) is 9.07. The first kappa shape index (κ1) is 10.3. The zero-order valence-corrected chi connectivity index (χ0v) is 6.75. The van der Waals surface area contributed by atoms with Crippen molar-refractivity contribution in [1.29, 1.82) is 0 Å². The second kappa shape index (κ2) is 3.64. The Labute approximate surface area is 63.8 Å². The molecule has 0 saturated heterocycles. The molecule has 0 aromatic heterocycles. The van der Waals surface area contributed by atoms with E-state index >= 15 is 0 Å². The number of hydrogen-bond acceptors (Lipinski definition) is 1. The van der Waals surface area contributed by atoms with Crippen molar-refractivity contribution in [2.24, 2.45) is 0 Å². The van der Waals surface area contributed by atoms with Gasteiger partial charge in [-0.15, -0.1) is 0 Å². The van der Waals surface area contributed by atoms with Gasteiger partial charge in [-0.1, -0.05) is 0 Å². The molecule has 0 aromatic carbocycles. The SMILES string of the molecule is CC(C)=C(C)OCC(F)(F)F. The van der Waals surface area contributed by atoms with E-state index in [-0.39, 0.29) is 0 Å². The third kappa shape index (κ3) is 5.76. The second-order valence-electron chi connectivity index (χ2n) is 2.46. The van der Waals surface area contributed by atoms with Gasteiger partial charge < -0.3 is 4.74 Å². The molecule has 0 aromatic rings. The maximum Gasteiger partial charge on any atom is 0.422 e. The molecular formula is C7H11F3O. The fourth-order valence-corrected chi connectivity index (χ4v) is 0.334. The molecule has 0 bridgehead atoms. The van der Waals surface area contributed by atoms with Gasteiger partial charge in [-0.25, -0.2) is 0 Å². The van der Waals surface area contributed by atoms with Gasteiger partial charge in [0.15, 0.2) is 6.61 Å². The van der Waals surface area contributed by atoms with E-state index in [2.05, 4.69) is 4.74 Å². The summed E-state index contributed by atoms with van der Waals surface area (Å²) in [6.45, 7) is 3.71. The minimum Gasteiger partial charge on any atom is -0.489 e. The number of hydrogen-bond donors (Lipinski definition) is 0. The summed E-state index contributed by atoms with van der Waals surface area (Å²) in [4.78, 5) is 0. The van der Waals surface area contributed by atoms with Crippen LogP contribution in [0.25, 0.3) is 0 Å². The Bertz CT molecular complexity index is 154. The molecule has 0 radical (unpaired) electrons. The highest BCUT2D eigenvalue weighted by Gasteiger charge is 2.28. The van der Waals surface area contributed by atoms with Crippen LogP contribution >= 0.6 is 0 Å². The summed E-state index contributed by atoms with van der Waals surface area (Å²) in [7, 11) is 0. The molecule has 4 heteroatoms. The fourth-order valence-electron chi connectivity index (χ4n) is 0.334. The number of ether oxygens (including phenoxy) is 1. The number of allylic oxidation sites excluding steroid dienone is 2. The van der Waals surface area contributed by atoms with E-state index < -0.39 is 12.8 Å². The molecule has 0 N–H and O–H groups in total. The Morgan fingerprint density at radius 2 is 1.64 bits per heavy atom. The fraction of sp³-hybridized carbons (Fsp3) is 0.714. The standard InChI is InChI=1S/C7H11F3O/c1-5(2)6(3)11-4-7(8,9)10/h4H2,1-3H3. The summed E-state index contributed by atoms with van der Waals surface area (Å²) >= 11 is 0. The lowest BCUT2D eigenvalue weighted by molar-refractivity contribution is -0.164. The van der Waals surface area contributed by atoms with Crippen LogP contribution in [0.4, 0.5) is 13.2 Å². The zero-order valence-electron chi connectivity index (χ0n) is 6.75. The van der Waals surface area contributed by atoms with Crippen LogP contribution in [0, 0.1) is 0 Å². The molecule has 1 nitrogen and oxygen atoms in total. The molecule has 0 rings (SSSR count). The normalized spacial score (nSPS) is 11.1. The quantitative estimate of drug-likeness (QED) is 0.576. The lowest BCUT2D eigenvalue weighted by Gasteiger charge is -2.09. The van der Waals surface area contributed by atoms with Crippen LogP contribution in [0.1, 0.15) is 20.8 Å². The van der Waals surface area contributed by atoms with Crippen LogP contribution in [0.3, 0.4) is 0 Å². The van der Waals surface area contributed by atoms with Crippen molar-refractivity contribution < 1.29 is 17.9 Å². The average molecular weight is 168 g/mol. The van der Waals surface area contributed by atoms with Crippen LogP contribution in [0.5, 0.6) is 0 Å². The molecule has 66 valence electrons. The van der Waals surface area contributed by atoms with Gasteiger partial charge in [0.1, 0.15) is 0 Å². The van der Waals surface area contributed by atoms with Crippen LogP contribution in [-0.2, 0) is 4.74 Å². The number of halogens is 3. The Morgan fingerprint density at radius 3 is 1.91 bits per heavy atom. The maximum atomic E-state index is 11.5. The van der Waals surface area contributed by atoms with Gasteiger partial charge in [0.2, 0.25) is 0 Å². The maximum absolute atomic E-state index is 11.5. The van der Waals surface area contributed by atoms with Crippen molar-refractivity contribution in [2.45, 2.75) is 26.9 Å². The minimum atomic E-state index is -4.24. The Morgan fingerprint density at radius 1 is 1.18 bits per heavy atom. The van der Waals surface area contributed by atoms with Gasteiger partial charge in [-0.05, 0) is 26.3 Å². The first-order valence-corrected chi connectivity index (χ1v) is 3.16. The smallest absolute Gasteiger partial charge is 0.422 e. The third-order valence-electron chi connectivity index (χ3n) is 1.16. The summed E-state index contributed by atoms with van der Waals surface area (Å²) in [5.74, 6) is 0.335. The van der Waals surface area contributed by atoms with E-state index in [1.165, 1.54) is 6.92 Å². The Balaban J connectivity index is 3.82. The molecule has 0 unspecified atom stereocenters. The van der Waals surface area contributed by atoms with Crippen molar-refractivity contribution >= 4 is 0 Å². The monoisotopic (exact) mass is 168 g/mol. The second-order valence-corrected chi connectivity index (χ2v) is 2.46. The minimum absolute atomic E-state index is 0.335. The molecule has 0 heterocycles. The average Bonchev–Trinajstić information content (AvgIpc) is 1.80. The van der Waals surface area contributed by atoms with Gasteiger partial charge in [0.25, 0.3) is 0 Å². The highest BCUT2D eigenvalue weighted by Crippen LogP contribution is 2.17. The van der Waals surface area contributed by atoms with Gasteiger partial charge in [-0.3, -0.25) is 0 Å². The molecule has 0 fully saturated rings. The summed E-state index contributed by atoms with van der Waals surface area (Å²) in [5.41, 5.74) is 0.759. The van der Waals surface area contributed by atoms with E-state index in [0.29, 0.717) is 5.76 Å². The number of alkyl halides is 3. The molecule has 0 aliphatic carbocycles. The van der Waals surface area contributed by atoms with Crippen LogP contribution < -0.4 is 0 Å². The van der Waals surface area contributed by atoms with E-state index in [1.807, 2.05) is 0 Å². The lowest BCUT2D eigenvalue weighted by atomic mass is 10.3. The summed E-state index contributed by atoms with van der Waals surface area (Å²) < 4.78 is 39.0. The lowest BCUT2D eigenvalue weighted by Crippen LogP contribution is -2.16. The van der Waals surface area contributed by atoms with E-state index in [4.69, 9.17) is 0 Å². The molecule has 0 aliphatic heterocycles. The summed E-state index contributed by atoms with van der Waals surface area (Å²) in [5, 5.41) is 0. The van der Waals surface area contributed by atoms with Crippen molar-refractivity contribution in [2.75, 3.05) is 6.61 Å². The Hall–Kier alpha value is -0.670. The number of rotatable bonds is 2. The van der Waals surface area contributed by atoms with Crippen molar-refractivity contribution in [3.05, 3.63) is 11.3 Å². The van der Waals surface area contributed by atoms with Crippen molar-refractivity contribution in [3.8, 4) is 0 Å². The molecule has 11 heavy (non-hydrogen) atoms. The van der Waals surface area contributed by atoms with Crippen LogP contribution in [0.15, 0.2) is 11.3 Å². The predicted molar refractivity (Wildman–Crippen MR) is 36.1 cm³/mol. The molecule has 0 atom stereocenters. The van der Waals surface area contributed by atoms with Crippen molar-refractivity contribution in [3.63, 3.8) is 0 Å². The van der Waals surface area contributed by atoms with Crippen LogP contribution in [0.2, 0.25) is 0 Å². The Kier molecular flexibility index (Phi) is 3.42. The third-order valence-corrected chi connectivity index (χ3v) is 1.16. The molecular weight excluding hydrogens is 157 g/mol. The first-order chi connectivity index (χ1) is 4.83. The van der Waals surface area contributed by atoms with Gasteiger partial charge in [-0.2, -0.15) is 13.2 Å². The van der Waals surface area contributed by atoms with Crippen LogP contribution in [-0.4, -0.2) is 12.8 Å². The predicted octanol–water partition coefficient (Wildman–Crippen LogP) is 2.88. The molecule has 0 saturated carbocycles. The summed E-state index contributed by atoms with van der Waals surface area (Å²) in [6.07, 6.45) is -4.24. The molecule has 0 amide bonds. The van der Waals surface area contributed by atoms with Gasteiger partial charge in [0.05, 0.1) is 5.76 Å². The van der Waals surface area contributed by atoms with Gasteiger partial charge in [0, 0.05) is 0 Å². The van der Waals surface area contributed by atoms with Crippen molar-refractivity contribution in [1.82, 2.24) is 0 Å².